The van der Waals surface area contributed by atoms with Gasteiger partial charge in [0.2, 0.25) is 5.91 Å². The van der Waals surface area contributed by atoms with Crippen LogP contribution in [0, 0.1) is 0 Å². The van der Waals surface area contributed by atoms with Gasteiger partial charge in [-0.3, -0.25) is 9.59 Å². The summed E-state index contributed by atoms with van der Waals surface area (Å²) in [5, 5.41) is 9.60. The third-order valence-electron chi connectivity index (χ3n) is 3.68. The zero-order valence-electron chi connectivity index (χ0n) is 13.9. The second-order valence-corrected chi connectivity index (χ2v) is 6.51. The number of halogens is 1. The van der Waals surface area contributed by atoms with E-state index in [1.165, 1.54) is 0 Å². The Bertz CT molecular complexity index is 891. The van der Waals surface area contributed by atoms with Gasteiger partial charge in [0, 0.05) is 16.1 Å². The van der Waals surface area contributed by atoms with Gasteiger partial charge in [-0.25, -0.2) is 4.68 Å². The fraction of sp³-hybridized carbons (Fsp3) is 0.105. The average molecular weight is 413 g/mol. The molecule has 1 heterocycles. The van der Waals surface area contributed by atoms with Crippen LogP contribution in [0.5, 0.6) is 0 Å². The molecule has 2 N–H and O–H groups in total. The Labute approximate surface area is 159 Å². The molecule has 0 saturated heterocycles. The molecule has 0 radical (unpaired) electrons. The minimum absolute atomic E-state index is 0.114. The molecule has 132 valence electrons. The Morgan fingerprint density at radius 2 is 1.73 bits per heavy atom. The van der Waals surface area contributed by atoms with E-state index in [0.717, 1.165) is 10.0 Å². The molecule has 26 heavy (non-hydrogen) atoms. The Morgan fingerprint density at radius 3 is 2.46 bits per heavy atom. The molecule has 1 aromatic heterocycles. The molecule has 0 aliphatic rings. The monoisotopic (exact) mass is 412 g/mol. The minimum atomic E-state index is -0.313. The SMILES string of the molecule is O=C(CNC(=O)c1ccccc1)Nc1ccnn1Cc1ccc(Br)cc1. The van der Waals surface area contributed by atoms with E-state index in [1.807, 2.05) is 30.3 Å². The lowest BCUT2D eigenvalue weighted by Crippen LogP contribution is -2.33. The zero-order valence-corrected chi connectivity index (χ0v) is 15.4. The van der Waals surface area contributed by atoms with Crippen LogP contribution < -0.4 is 10.6 Å². The van der Waals surface area contributed by atoms with Crippen LogP contribution in [0.3, 0.4) is 0 Å². The zero-order chi connectivity index (χ0) is 18.4. The summed E-state index contributed by atoms with van der Waals surface area (Å²) in [6.45, 7) is 0.420. The number of amides is 2. The van der Waals surface area contributed by atoms with Gasteiger partial charge in [-0.2, -0.15) is 5.10 Å². The second kappa shape index (κ2) is 8.44. The Hall–Kier alpha value is -2.93. The van der Waals surface area contributed by atoms with E-state index < -0.39 is 0 Å². The number of nitrogens with zero attached hydrogens (tertiary/aromatic N) is 2. The van der Waals surface area contributed by atoms with Crippen molar-refractivity contribution in [2.24, 2.45) is 0 Å². The molecule has 0 aliphatic heterocycles. The van der Waals surface area contributed by atoms with Gasteiger partial charge in [0.25, 0.3) is 5.91 Å². The van der Waals surface area contributed by atoms with Gasteiger partial charge in [0.1, 0.15) is 5.82 Å². The van der Waals surface area contributed by atoms with E-state index >= 15 is 0 Å². The highest BCUT2D eigenvalue weighted by Gasteiger charge is 2.10. The Morgan fingerprint density at radius 1 is 1.00 bits per heavy atom. The number of hydrogen-bond donors (Lipinski definition) is 2. The van der Waals surface area contributed by atoms with E-state index in [9.17, 15) is 9.59 Å². The van der Waals surface area contributed by atoms with E-state index in [0.29, 0.717) is 17.9 Å². The molecule has 6 nitrogen and oxygen atoms in total. The van der Waals surface area contributed by atoms with Crippen molar-refractivity contribution in [2.75, 3.05) is 11.9 Å². The summed E-state index contributed by atoms with van der Waals surface area (Å²) >= 11 is 3.40. The van der Waals surface area contributed by atoms with Crippen LogP contribution in [0.1, 0.15) is 15.9 Å². The summed E-state index contributed by atoms with van der Waals surface area (Å²) < 4.78 is 2.70. The lowest BCUT2D eigenvalue weighted by atomic mass is 10.2. The fourth-order valence-corrected chi connectivity index (χ4v) is 2.63. The Balaban J connectivity index is 1.56. The van der Waals surface area contributed by atoms with Crippen LogP contribution in [-0.2, 0) is 11.3 Å². The van der Waals surface area contributed by atoms with Gasteiger partial charge in [-0.15, -0.1) is 0 Å². The average Bonchev–Trinajstić information content (AvgIpc) is 3.09. The number of anilines is 1. The highest BCUT2D eigenvalue weighted by molar-refractivity contribution is 9.10. The maximum atomic E-state index is 12.1. The van der Waals surface area contributed by atoms with Crippen molar-refractivity contribution in [3.05, 3.63) is 82.5 Å². The summed E-state index contributed by atoms with van der Waals surface area (Å²) in [4.78, 5) is 24.1. The van der Waals surface area contributed by atoms with E-state index in [1.54, 1.807) is 41.2 Å². The van der Waals surface area contributed by atoms with Gasteiger partial charge in [-0.1, -0.05) is 46.3 Å². The van der Waals surface area contributed by atoms with E-state index in [4.69, 9.17) is 0 Å². The molecule has 2 aromatic carbocycles. The molecule has 0 fully saturated rings. The van der Waals surface area contributed by atoms with Gasteiger partial charge >= 0.3 is 0 Å². The first-order chi connectivity index (χ1) is 12.6. The molecule has 0 spiro atoms. The lowest BCUT2D eigenvalue weighted by Gasteiger charge is -2.10. The molecule has 0 saturated carbocycles. The maximum Gasteiger partial charge on any atom is 0.251 e. The van der Waals surface area contributed by atoms with Crippen molar-refractivity contribution in [1.29, 1.82) is 0 Å². The number of benzene rings is 2. The molecule has 2 amide bonds. The van der Waals surface area contributed by atoms with Crippen LogP contribution in [-0.4, -0.2) is 28.1 Å². The number of rotatable bonds is 6. The predicted octanol–water partition coefficient (Wildman–Crippen LogP) is 3.06. The molecule has 0 aliphatic carbocycles. The van der Waals surface area contributed by atoms with Gasteiger partial charge < -0.3 is 10.6 Å². The van der Waals surface area contributed by atoms with Crippen LogP contribution in [0.2, 0.25) is 0 Å². The maximum absolute atomic E-state index is 12.1. The number of nitrogens with one attached hydrogen (secondary N) is 2. The van der Waals surface area contributed by atoms with Crippen LogP contribution >= 0.6 is 15.9 Å². The van der Waals surface area contributed by atoms with Crippen molar-refractivity contribution in [2.45, 2.75) is 6.54 Å². The summed E-state index contributed by atoms with van der Waals surface area (Å²) in [5.74, 6) is -0.0252. The predicted molar refractivity (Wildman–Crippen MR) is 103 cm³/mol. The summed E-state index contributed by atoms with van der Waals surface area (Å²) in [6.07, 6.45) is 1.62. The second-order valence-electron chi connectivity index (χ2n) is 5.60. The smallest absolute Gasteiger partial charge is 0.251 e. The van der Waals surface area contributed by atoms with Crippen LogP contribution in [0.4, 0.5) is 5.82 Å². The first-order valence-corrected chi connectivity index (χ1v) is 8.80. The number of carbonyl (C=O) groups is 2. The summed E-state index contributed by atoms with van der Waals surface area (Å²) in [5.41, 5.74) is 1.57. The highest BCUT2D eigenvalue weighted by atomic mass is 79.9. The molecule has 0 unspecified atom stereocenters. The number of carbonyl (C=O) groups excluding carboxylic acids is 2. The van der Waals surface area contributed by atoms with Crippen LogP contribution in [0.15, 0.2) is 71.3 Å². The largest absolute Gasteiger partial charge is 0.343 e. The normalized spacial score (nSPS) is 10.3. The third kappa shape index (κ3) is 4.80. The van der Waals surface area contributed by atoms with Crippen molar-refractivity contribution < 1.29 is 9.59 Å². The van der Waals surface area contributed by atoms with Crippen molar-refractivity contribution in [3.63, 3.8) is 0 Å². The third-order valence-corrected chi connectivity index (χ3v) is 4.20. The highest BCUT2D eigenvalue weighted by Crippen LogP contribution is 2.14. The van der Waals surface area contributed by atoms with E-state index in [2.05, 4.69) is 31.7 Å². The quantitative estimate of drug-likeness (QED) is 0.652. The van der Waals surface area contributed by atoms with Gasteiger partial charge in [0.15, 0.2) is 0 Å². The number of aromatic nitrogens is 2. The Kier molecular flexibility index (Phi) is 5.80. The standard InChI is InChI=1S/C19H17BrN4O2/c20-16-8-6-14(7-9-16)13-24-17(10-11-22-24)23-18(25)12-21-19(26)15-4-2-1-3-5-15/h1-11H,12-13H2,(H,21,26)(H,23,25). The fourth-order valence-electron chi connectivity index (χ4n) is 2.37. The molecule has 0 atom stereocenters. The topological polar surface area (TPSA) is 76.0 Å². The summed E-state index contributed by atoms with van der Waals surface area (Å²) in [6, 6.07) is 18.4. The van der Waals surface area contributed by atoms with Crippen LogP contribution in [0.25, 0.3) is 0 Å². The van der Waals surface area contributed by atoms with E-state index in [-0.39, 0.29) is 18.4 Å². The first-order valence-electron chi connectivity index (χ1n) is 8.01. The summed E-state index contributed by atoms with van der Waals surface area (Å²) in [7, 11) is 0. The van der Waals surface area contributed by atoms with Gasteiger partial charge in [-0.05, 0) is 29.8 Å². The minimum Gasteiger partial charge on any atom is -0.343 e. The van der Waals surface area contributed by atoms with Crippen molar-refractivity contribution in [1.82, 2.24) is 15.1 Å². The van der Waals surface area contributed by atoms with Crippen molar-refractivity contribution in [3.8, 4) is 0 Å². The van der Waals surface area contributed by atoms with Crippen molar-refractivity contribution >= 4 is 33.6 Å². The molecule has 3 aromatic rings. The molecular weight excluding hydrogens is 396 g/mol. The first kappa shape index (κ1) is 17.9. The molecule has 7 heteroatoms. The molecule has 3 rings (SSSR count). The molecule has 0 bridgehead atoms. The lowest BCUT2D eigenvalue weighted by molar-refractivity contribution is -0.115. The van der Waals surface area contributed by atoms with Gasteiger partial charge in [0.05, 0.1) is 19.3 Å². The molecular formula is C19H17BrN4O2. The number of hydrogen-bond acceptors (Lipinski definition) is 3.